The molecule has 0 saturated heterocycles. The molecule has 0 aromatic carbocycles. The highest BCUT2D eigenvalue weighted by Gasteiger charge is 2.23. The molecule has 2 heterocycles. The fourth-order valence-electron chi connectivity index (χ4n) is 3.49. The number of carbonyl (C=O) groups excluding carboxylic acids is 1. The van der Waals surface area contributed by atoms with Gasteiger partial charge in [-0.15, -0.1) is 0 Å². The second-order valence-electron chi connectivity index (χ2n) is 6.39. The molecule has 0 unspecified atom stereocenters. The number of rotatable bonds is 3. The van der Waals surface area contributed by atoms with Gasteiger partial charge in [0.2, 0.25) is 0 Å². The molecule has 1 amide bonds. The molecule has 0 spiro atoms. The minimum absolute atomic E-state index is 0.0988. The summed E-state index contributed by atoms with van der Waals surface area (Å²) in [7, 11) is 1.67. The quantitative estimate of drug-likeness (QED) is 0.915. The number of pyridine rings is 1. The van der Waals surface area contributed by atoms with Gasteiger partial charge in [-0.05, 0) is 31.7 Å². The second-order valence-corrected chi connectivity index (χ2v) is 6.39. The summed E-state index contributed by atoms with van der Waals surface area (Å²) < 4.78 is 1.46. The minimum atomic E-state index is -0.114. The number of carbonyl (C=O) groups is 1. The van der Waals surface area contributed by atoms with Gasteiger partial charge in [0.25, 0.3) is 11.5 Å². The average molecular weight is 301 g/mol. The van der Waals surface area contributed by atoms with E-state index in [2.05, 4.69) is 17.2 Å². The largest absolute Gasteiger partial charge is 0.357 e. The first-order valence-electron chi connectivity index (χ1n) is 8.05. The van der Waals surface area contributed by atoms with Crippen LogP contribution in [0.4, 0.5) is 0 Å². The lowest BCUT2D eigenvalue weighted by Gasteiger charge is -2.28. The van der Waals surface area contributed by atoms with Gasteiger partial charge in [0.15, 0.2) is 0 Å². The number of aromatic nitrogens is 2. The van der Waals surface area contributed by atoms with Crippen molar-refractivity contribution in [1.29, 1.82) is 0 Å². The first kappa shape index (κ1) is 14.9. The molecule has 3 rings (SSSR count). The fourth-order valence-corrected chi connectivity index (χ4v) is 3.49. The van der Waals surface area contributed by atoms with Crippen molar-refractivity contribution in [2.45, 2.75) is 45.1 Å². The number of aromatic amines is 1. The predicted octanol–water partition coefficient (Wildman–Crippen LogP) is 2.57. The Bertz CT molecular complexity index is 738. The van der Waals surface area contributed by atoms with E-state index < -0.39 is 0 Å². The molecule has 0 aliphatic heterocycles. The van der Waals surface area contributed by atoms with Crippen molar-refractivity contribution in [1.82, 2.24) is 14.9 Å². The van der Waals surface area contributed by atoms with Crippen LogP contribution < -0.4 is 10.9 Å². The molecular formula is C17H23N3O2. The zero-order valence-electron chi connectivity index (χ0n) is 13.2. The fraction of sp³-hybridized carbons (Fsp3) is 0.529. The number of aryl methyl sites for hydroxylation is 1. The number of nitrogens with zero attached hydrogens (tertiary/aromatic N) is 1. The van der Waals surface area contributed by atoms with Crippen molar-refractivity contribution >= 4 is 16.8 Å². The molecule has 2 aromatic heterocycles. The number of hydrogen-bond acceptors (Lipinski definition) is 2. The highest BCUT2D eigenvalue weighted by atomic mass is 16.2. The van der Waals surface area contributed by atoms with Crippen LogP contribution in [0.5, 0.6) is 0 Å². The maximum Gasteiger partial charge on any atom is 0.274 e. The van der Waals surface area contributed by atoms with Crippen molar-refractivity contribution in [3.8, 4) is 0 Å². The summed E-state index contributed by atoms with van der Waals surface area (Å²) in [6.45, 7) is 2.09. The molecule has 1 fully saturated rings. The van der Waals surface area contributed by atoms with E-state index in [1.807, 2.05) is 0 Å². The zero-order chi connectivity index (χ0) is 15.7. The molecule has 5 heteroatoms. The van der Waals surface area contributed by atoms with Crippen LogP contribution in [0, 0.1) is 5.92 Å². The third kappa shape index (κ3) is 2.67. The van der Waals surface area contributed by atoms with E-state index in [9.17, 15) is 9.59 Å². The summed E-state index contributed by atoms with van der Waals surface area (Å²) in [5, 5.41) is 3.82. The molecule has 2 aromatic rings. The molecule has 118 valence electrons. The zero-order valence-corrected chi connectivity index (χ0v) is 13.2. The number of fused-ring (bicyclic) bond motifs is 1. The lowest BCUT2D eigenvalue weighted by atomic mass is 9.84. The Morgan fingerprint density at radius 3 is 2.82 bits per heavy atom. The van der Waals surface area contributed by atoms with Crippen LogP contribution in [-0.4, -0.2) is 21.5 Å². The van der Waals surface area contributed by atoms with Gasteiger partial charge in [0, 0.05) is 30.9 Å². The Morgan fingerprint density at radius 2 is 2.09 bits per heavy atom. The van der Waals surface area contributed by atoms with Crippen molar-refractivity contribution in [3.05, 3.63) is 34.4 Å². The Kier molecular flexibility index (Phi) is 4.05. The molecule has 1 saturated carbocycles. The number of nitrogens with one attached hydrogen (secondary N) is 2. The minimum Gasteiger partial charge on any atom is -0.357 e. The summed E-state index contributed by atoms with van der Waals surface area (Å²) >= 11 is 0. The Hall–Kier alpha value is -2.04. The van der Waals surface area contributed by atoms with Crippen molar-refractivity contribution in [3.63, 3.8) is 0 Å². The molecule has 1 atom stereocenters. The lowest BCUT2D eigenvalue weighted by Crippen LogP contribution is -2.39. The summed E-state index contributed by atoms with van der Waals surface area (Å²) in [5.41, 5.74) is 0.929. The third-order valence-corrected chi connectivity index (χ3v) is 4.85. The van der Waals surface area contributed by atoms with Crippen LogP contribution in [0.25, 0.3) is 10.9 Å². The number of H-pyrrole nitrogens is 1. The normalized spacial score (nSPS) is 17.5. The summed E-state index contributed by atoms with van der Waals surface area (Å²) in [4.78, 5) is 27.6. The maximum absolute atomic E-state index is 12.6. The van der Waals surface area contributed by atoms with Gasteiger partial charge >= 0.3 is 0 Å². The monoisotopic (exact) mass is 301 g/mol. The van der Waals surface area contributed by atoms with Crippen LogP contribution in [0.15, 0.2) is 23.3 Å². The van der Waals surface area contributed by atoms with Gasteiger partial charge in [-0.3, -0.25) is 9.59 Å². The molecule has 2 N–H and O–H groups in total. The smallest absolute Gasteiger partial charge is 0.274 e. The van der Waals surface area contributed by atoms with Gasteiger partial charge in [0.05, 0.1) is 5.56 Å². The van der Waals surface area contributed by atoms with Gasteiger partial charge in [-0.1, -0.05) is 19.3 Å². The predicted molar refractivity (Wildman–Crippen MR) is 87.0 cm³/mol. The Balaban J connectivity index is 1.84. The van der Waals surface area contributed by atoms with Crippen LogP contribution in [0.3, 0.4) is 0 Å². The molecule has 0 bridgehead atoms. The van der Waals surface area contributed by atoms with E-state index in [0.717, 1.165) is 0 Å². The SMILES string of the molecule is C[C@@H](NC(=O)c1cn(C)c(=O)c2[nH]ccc12)C1CCCCC1. The van der Waals surface area contributed by atoms with Crippen molar-refractivity contribution in [2.24, 2.45) is 13.0 Å². The number of amides is 1. The van der Waals surface area contributed by atoms with E-state index in [0.29, 0.717) is 22.4 Å². The van der Waals surface area contributed by atoms with E-state index in [1.165, 1.54) is 36.7 Å². The highest BCUT2D eigenvalue weighted by Crippen LogP contribution is 2.26. The first-order valence-corrected chi connectivity index (χ1v) is 8.05. The summed E-state index contributed by atoms with van der Waals surface area (Å²) in [5.74, 6) is 0.463. The first-order chi connectivity index (χ1) is 10.6. The van der Waals surface area contributed by atoms with E-state index in [1.54, 1.807) is 25.5 Å². The Morgan fingerprint density at radius 1 is 1.36 bits per heavy atom. The van der Waals surface area contributed by atoms with E-state index in [4.69, 9.17) is 0 Å². The van der Waals surface area contributed by atoms with Crippen LogP contribution in [0.2, 0.25) is 0 Å². The third-order valence-electron chi connectivity index (χ3n) is 4.85. The second kappa shape index (κ2) is 5.99. The summed E-state index contributed by atoms with van der Waals surface area (Å²) in [6, 6.07) is 1.95. The van der Waals surface area contributed by atoms with Crippen LogP contribution in [-0.2, 0) is 7.05 Å². The van der Waals surface area contributed by atoms with Crippen LogP contribution >= 0.6 is 0 Å². The van der Waals surface area contributed by atoms with Gasteiger partial charge < -0.3 is 14.9 Å². The van der Waals surface area contributed by atoms with Gasteiger partial charge in [0.1, 0.15) is 5.52 Å². The molecule has 1 aliphatic carbocycles. The van der Waals surface area contributed by atoms with Crippen LogP contribution in [0.1, 0.15) is 49.4 Å². The molecular weight excluding hydrogens is 278 g/mol. The average Bonchev–Trinajstić information content (AvgIpc) is 3.01. The number of hydrogen-bond donors (Lipinski definition) is 2. The summed E-state index contributed by atoms with van der Waals surface area (Å²) in [6.07, 6.45) is 9.53. The Labute approximate surface area is 129 Å². The van der Waals surface area contributed by atoms with Crippen molar-refractivity contribution in [2.75, 3.05) is 0 Å². The molecule has 5 nitrogen and oxygen atoms in total. The van der Waals surface area contributed by atoms with E-state index in [-0.39, 0.29) is 17.5 Å². The molecule has 22 heavy (non-hydrogen) atoms. The van der Waals surface area contributed by atoms with Crippen molar-refractivity contribution < 1.29 is 4.79 Å². The van der Waals surface area contributed by atoms with E-state index >= 15 is 0 Å². The standard InChI is InChI=1S/C17H23N3O2/c1-11(12-6-4-3-5-7-12)19-16(21)14-10-20(2)17(22)15-13(14)8-9-18-15/h8-12,18H,3-7H2,1-2H3,(H,19,21)/t11-/m1/s1. The highest BCUT2D eigenvalue weighted by molar-refractivity contribution is 6.06. The maximum atomic E-state index is 12.6. The van der Waals surface area contributed by atoms with Gasteiger partial charge in [-0.25, -0.2) is 0 Å². The topological polar surface area (TPSA) is 66.9 Å². The molecule has 1 aliphatic rings. The van der Waals surface area contributed by atoms with Gasteiger partial charge in [-0.2, -0.15) is 0 Å². The lowest BCUT2D eigenvalue weighted by molar-refractivity contribution is 0.0920. The molecule has 0 radical (unpaired) electrons.